The molecule has 5 heteroatoms. The molecule has 1 atom stereocenters. The van der Waals surface area contributed by atoms with Crippen LogP contribution in [0.1, 0.15) is 20.8 Å². The Balaban J connectivity index is 3.94. The fraction of sp³-hybridized carbons (Fsp3) is 0.778. The zero-order valence-corrected chi connectivity index (χ0v) is 8.96. The molecule has 14 heavy (non-hydrogen) atoms. The summed E-state index contributed by atoms with van der Waals surface area (Å²) in [5, 5.41) is 5.44. The number of amides is 2. The van der Waals surface area contributed by atoms with Gasteiger partial charge in [-0.05, 0) is 12.8 Å². The maximum atomic E-state index is 11.1. The minimum atomic E-state index is -0.447. The standard InChI is InChI=1S/C9H19N3O2/c1-4-11-7(13)5-12-8(6(2)3)9(10)14/h6,8,12H,4-5H2,1-3H3,(H2,10,14)(H,11,13). The highest BCUT2D eigenvalue weighted by Crippen LogP contribution is 1.99. The van der Waals surface area contributed by atoms with Crippen LogP contribution >= 0.6 is 0 Å². The number of likely N-dealkylation sites (N-methyl/N-ethyl adjacent to an activating group) is 1. The van der Waals surface area contributed by atoms with E-state index in [2.05, 4.69) is 10.6 Å². The molecule has 0 rings (SSSR count). The Morgan fingerprint density at radius 2 is 1.93 bits per heavy atom. The Hall–Kier alpha value is -1.10. The summed E-state index contributed by atoms with van der Waals surface area (Å²) >= 11 is 0. The van der Waals surface area contributed by atoms with Crippen molar-refractivity contribution in [1.29, 1.82) is 0 Å². The maximum Gasteiger partial charge on any atom is 0.234 e. The number of carbonyl (C=O) groups is 2. The SMILES string of the molecule is CCNC(=O)CNC(C(N)=O)C(C)C. The van der Waals surface area contributed by atoms with Gasteiger partial charge in [-0.2, -0.15) is 0 Å². The number of rotatable bonds is 6. The van der Waals surface area contributed by atoms with Gasteiger partial charge >= 0.3 is 0 Å². The summed E-state index contributed by atoms with van der Waals surface area (Å²) in [6.45, 7) is 6.30. The second kappa shape index (κ2) is 6.37. The third kappa shape index (κ3) is 4.81. The van der Waals surface area contributed by atoms with Gasteiger partial charge in [0.2, 0.25) is 11.8 Å². The zero-order valence-electron chi connectivity index (χ0n) is 8.96. The van der Waals surface area contributed by atoms with Gasteiger partial charge in [0.15, 0.2) is 0 Å². The molecule has 0 aromatic rings. The number of carbonyl (C=O) groups excluding carboxylic acids is 2. The molecule has 0 bridgehead atoms. The highest BCUT2D eigenvalue weighted by molar-refractivity contribution is 5.82. The normalized spacial score (nSPS) is 12.6. The largest absolute Gasteiger partial charge is 0.368 e. The molecule has 4 N–H and O–H groups in total. The molecule has 82 valence electrons. The quantitative estimate of drug-likeness (QED) is 0.527. The minimum Gasteiger partial charge on any atom is -0.368 e. The molecule has 0 radical (unpaired) electrons. The Bertz CT molecular complexity index is 204. The van der Waals surface area contributed by atoms with Gasteiger partial charge in [0.1, 0.15) is 0 Å². The zero-order chi connectivity index (χ0) is 11.1. The van der Waals surface area contributed by atoms with Crippen LogP contribution in [0.25, 0.3) is 0 Å². The monoisotopic (exact) mass is 201 g/mol. The Labute approximate surface area is 84.4 Å². The van der Waals surface area contributed by atoms with Crippen LogP contribution in [-0.4, -0.2) is 30.9 Å². The second-order valence-electron chi connectivity index (χ2n) is 3.46. The predicted octanol–water partition coefficient (Wildman–Crippen LogP) is -0.778. The van der Waals surface area contributed by atoms with Crippen molar-refractivity contribution in [3.63, 3.8) is 0 Å². The molecule has 0 aliphatic carbocycles. The van der Waals surface area contributed by atoms with Crippen LogP contribution in [0.2, 0.25) is 0 Å². The fourth-order valence-electron chi connectivity index (χ4n) is 1.13. The third-order valence-electron chi connectivity index (χ3n) is 1.83. The van der Waals surface area contributed by atoms with Gasteiger partial charge in [0.25, 0.3) is 0 Å². The number of nitrogens with one attached hydrogen (secondary N) is 2. The molecule has 0 heterocycles. The lowest BCUT2D eigenvalue weighted by molar-refractivity contribution is -0.122. The summed E-state index contributed by atoms with van der Waals surface area (Å²) in [5.41, 5.74) is 5.16. The van der Waals surface area contributed by atoms with Gasteiger partial charge in [0.05, 0.1) is 12.6 Å². The average molecular weight is 201 g/mol. The van der Waals surface area contributed by atoms with Gasteiger partial charge in [-0.1, -0.05) is 13.8 Å². The molecule has 0 saturated carbocycles. The van der Waals surface area contributed by atoms with E-state index in [9.17, 15) is 9.59 Å². The van der Waals surface area contributed by atoms with Crippen molar-refractivity contribution in [1.82, 2.24) is 10.6 Å². The van der Waals surface area contributed by atoms with Crippen LogP contribution in [0, 0.1) is 5.92 Å². The summed E-state index contributed by atoms with van der Waals surface area (Å²) in [4.78, 5) is 22.0. The van der Waals surface area contributed by atoms with E-state index in [-0.39, 0.29) is 18.4 Å². The summed E-state index contributed by atoms with van der Waals surface area (Å²) in [6, 6.07) is -0.447. The minimum absolute atomic E-state index is 0.0851. The van der Waals surface area contributed by atoms with Gasteiger partial charge in [-0.3, -0.25) is 14.9 Å². The van der Waals surface area contributed by atoms with E-state index in [4.69, 9.17) is 5.73 Å². The molecule has 0 aromatic heterocycles. The first-order valence-corrected chi connectivity index (χ1v) is 4.78. The van der Waals surface area contributed by atoms with Gasteiger partial charge < -0.3 is 11.1 Å². The van der Waals surface area contributed by atoms with Crippen LogP contribution in [-0.2, 0) is 9.59 Å². The topological polar surface area (TPSA) is 84.2 Å². The molecular formula is C9H19N3O2. The number of hydrogen-bond acceptors (Lipinski definition) is 3. The van der Waals surface area contributed by atoms with E-state index in [0.717, 1.165) is 0 Å². The molecular weight excluding hydrogens is 182 g/mol. The smallest absolute Gasteiger partial charge is 0.234 e. The van der Waals surface area contributed by atoms with Crippen LogP contribution in [0.4, 0.5) is 0 Å². The molecule has 1 unspecified atom stereocenters. The Morgan fingerprint density at radius 3 is 2.29 bits per heavy atom. The lowest BCUT2D eigenvalue weighted by Gasteiger charge is -2.18. The van der Waals surface area contributed by atoms with Crippen LogP contribution < -0.4 is 16.4 Å². The van der Waals surface area contributed by atoms with E-state index >= 15 is 0 Å². The predicted molar refractivity (Wildman–Crippen MR) is 54.5 cm³/mol. The van der Waals surface area contributed by atoms with Crippen molar-refractivity contribution in [3.8, 4) is 0 Å². The number of hydrogen-bond donors (Lipinski definition) is 3. The summed E-state index contributed by atoms with van der Waals surface area (Å²) in [7, 11) is 0. The first-order chi connectivity index (χ1) is 6.49. The van der Waals surface area contributed by atoms with Crippen molar-refractivity contribution in [2.45, 2.75) is 26.8 Å². The van der Waals surface area contributed by atoms with E-state index < -0.39 is 11.9 Å². The lowest BCUT2D eigenvalue weighted by atomic mass is 10.0. The molecule has 2 amide bonds. The van der Waals surface area contributed by atoms with Crippen LogP contribution in [0.5, 0.6) is 0 Å². The maximum absolute atomic E-state index is 11.1. The van der Waals surface area contributed by atoms with Crippen molar-refractivity contribution in [2.24, 2.45) is 11.7 Å². The number of primary amides is 1. The van der Waals surface area contributed by atoms with Crippen LogP contribution in [0.15, 0.2) is 0 Å². The highest BCUT2D eigenvalue weighted by Gasteiger charge is 2.19. The van der Waals surface area contributed by atoms with E-state index in [0.29, 0.717) is 6.54 Å². The summed E-state index contributed by atoms with van der Waals surface area (Å²) < 4.78 is 0. The van der Waals surface area contributed by atoms with E-state index in [1.54, 1.807) is 0 Å². The van der Waals surface area contributed by atoms with Crippen molar-refractivity contribution < 1.29 is 9.59 Å². The highest BCUT2D eigenvalue weighted by atomic mass is 16.2. The van der Waals surface area contributed by atoms with Crippen molar-refractivity contribution in [3.05, 3.63) is 0 Å². The molecule has 0 fully saturated rings. The van der Waals surface area contributed by atoms with Crippen molar-refractivity contribution in [2.75, 3.05) is 13.1 Å². The summed E-state index contributed by atoms with van der Waals surface area (Å²) in [6.07, 6.45) is 0. The third-order valence-corrected chi connectivity index (χ3v) is 1.83. The molecule has 0 saturated heterocycles. The number of nitrogens with two attached hydrogens (primary N) is 1. The molecule has 0 aliphatic heterocycles. The Morgan fingerprint density at radius 1 is 1.36 bits per heavy atom. The van der Waals surface area contributed by atoms with Gasteiger partial charge in [-0.15, -0.1) is 0 Å². The molecule has 0 spiro atoms. The van der Waals surface area contributed by atoms with Crippen molar-refractivity contribution >= 4 is 11.8 Å². The molecule has 0 aliphatic rings. The second-order valence-corrected chi connectivity index (χ2v) is 3.46. The fourth-order valence-corrected chi connectivity index (χ4v) is 1.13. The van der Waals surface area contributed by atoms with E-state index in [1.807, 2.05) is 20.8 Å². The van der Waals surface area contributed by atoms with E-state index in [1.165, 1.54) is 0 Å². The molecule has 5 nitrogen and oxygen atoms in total. The molecule has 0 aromatic carbocycles. The van der Waals surface area contributed by atoms with Crippen LogP contribution in [0.3, 0.4) is 0 Å². The van der Waals surface area contributed by atoms with Gasteiger partial charge in [-0.25, -0.2) is 0 Å². The van der Waals surface area contributed by atoms with Gasteiger partial charge in [0, 0.05) is 6.54 Å². The summed E-state index contributed by atoms with van der Waals surface area (Å²) in [5.74, 6) is -0.467. The Kier molecular flexibility index (Phi) is 5.87. The lowest BCUT2D eigenvalue weighted by Crippen LogP contribution is -2.48. The first kappa shape index (κ1) is 12.9. The average Bonchev–Trinajstić information content (AvgIpc) is 2.03. The first-order valence-electron chi connectivity index (χ1n) is 4.78.